The van der Waals surface area contributed by atoms with Crippen LogP contribution in [0, 0.1) is 0 Å². The first-order chi connectivity index (χ1) is 15.1. The van der Waals surface area contributed by atoms with Crippen LogP contribution in [-0.4, -0.2) is 40.5 Å². The van der Waals surface area contributed by atoms with Gasteiger partial charge in [0.05, 0.1) is 22.2 Å². The summed E-state index contributed by atoms with van der Waals surface area (Å²) in [5.41, 5.74) is 0.0515. The Morgan fingerprint density at radius 2 is 1.75 bits per heavy atom. The fraction of sp³-hybridized carbons (Fsp3) is 0.261. The van der Waals surface area contributed by atoms with Gasteiger partial charge in [-0.2, -0.15) is 0 Å². The molecule has 1 saturated heterocycles. The molecule has 164 valence electrons. The summed E-state index contributed by atoms with van der Waals surface area (Å²) in [7, 11) is 0. The second-order valence-electron chi connectivity index (χ2n) is 8.26. The molecule has 2 aliphatic rings. The number of hydrogen-bond donors (Lipinski definition) is 2. The monoisotopic (exact) mass is 453 g/mol. The van der Waals surface area contributed by atoms with Gasteiger partial charge in [-0.25, -0.2) is 0 Å². The van der Waals surface area contributed by atoms with Crippen molar-refractivity contribution >= 4 is 41.1 Å². The molecule has 5 amide bonds. The second-order valence-corrected chi connectivity index (χ2v) is 8.70. The van der Waals surface area contributed by atoms with E-state index in [2.05, 4.69) is 10.6 Å². The first kappa shape index (κ1) is 21.7. The number of carbonyl (C=O) groups excluding carboxylic acids is 5. The second kappa shape index (κ2) is 7.87. The Morgan fingerprint density at radius 1 is 1.06 bits per heavy atom. The maximum atomic E-state index is 13.2. The molecule has 2 heterocycles. The lowest BCUT2D eigenvalue weighted by atomic mass is 9.93. The number of nitrogens with zero attached hydrogens (tertiary/aromatic N) is 1. The number of fused-ring (bicyclic) bond motifs is 1. The van der Waals surface area contributed by atoms with Crippen LogP contribution in [0.1, 0.15) is 63.3 Å². The van der Waals surface area contributed by atoms with E-state index in [4.69, 9.17) is 11.6 Å². The third-order valence-corrected chi connectivity index (χ3v) is 5.96. The predicted octanol–water partition coefficient (Wildman–Crippen LogP) is 2.41. The van der Waals surface area contributed by atoms with Crippen molar-refractivity contribution in [3.05, 3.63) is 69.7 Å². The number of hydrogen-bond acceptors (Lipinski definition) is 5. The summed E-state index contributed by atoms with van der Waals surface area (Å²) in [5.74, 6) is -3.08. The Labute approximate surface area is 188 Å². The number of halogens is 1. The van der Waals surface area contributed by atoms with Crippen LogP contribution in [0.15, 0.2) is 42.5 Å². The van der Waals surface area contributed by atoms with Crippen molar-refractivity contribution in [1.29, 1.82) is 0 Å². The normalized spacial score (nSPS) is 18.5. The zero-order valence-corrected chi connectivity index (χ0v) is 18.2. The lowest BCUT2D eigenvalue weighted by Gasteiger charge is -2.28. The molecule has 1 atom stereocenters. The Morgan fingerprint density at radius 3 is 2.41 bits per heavy atom. The fourth-order valence-corrected chi connectivity index (χ4v) is 4.12. The Balaban J connectivity index is 1.64. The highest BCUT2D eigenvalue weighted by Crippen LogP contribution is 2.31. The molecule has 0 spiro atoms. The van der Waals surface area contributed by atoms with Crippen molar-refractivity contribution in [2.75, 3.05) is 0 Å². The van der Waals surface area contributed by atoms with Gasteiger partial charge in [-0.1, -0.05) is 29.8 Å². The van der Waals surface area contributed by atoms with Gasteiger partial charge in [0.25, 0.3) is 17.7 Å². The zero-order valence-electron chi connectivity index (χ0n) is 17.4. The first-order valence-electron chi connectivity index (χ1n) is 10.0. The molecule has 2 aromatic carbocycles. The summed E-state index contributed by atoms with van der Waals surface area (Å²) >= 11 is 5.94. The number of carbonyl (C=O) groups is 5. The summed E-state index contributed by atoms with van der Waals surface area (Å²) in [6.45, 7) is 3.61. The van der Waals surface area contributed by atoms with Gasteiger partial charge in [0, 0.05) is 11.4 Å². The number of benzene rings is 2. The quantitative estimate of drug-likeness (QED) is 0.690. The van der Waals surface area contributed by atoms with Crippen LogP contribution in [0.3, 0.4) is 0 Å². The van der Waals surface area contributed by atoms with E-state index in [-0.39, 0.29) is 29.5 Å². The molecule has 1 unspecified atom stereocenters. The van der Waals surface area contributed by atoms with E-state index in [1.54, 1.807) is 38.1 Å². The minimum Gasteiger partial charge on any atom is -0.343 e. The summed E-state index contributed by atoms with van der Waals surface area (Å²) in [5, 5.41) is 5.61. The van der Waals surface area contributed by atoms with Crippen molar-refractivity contribution in [3.8, 4) is 0 Å². The van der Waals surface area contributed by atoms with Gasteiger partial charge in [-0.05, 0) is 50.1 Å². The van der Waals surface area contributed by atoms with Crippen molar-refractivity contribution < 1.29 is 24.0 Å². The number of nitrogens with one attached hydrogen (secondary N) is 2. The van der Waals surface area contributed by atoms with Crippen molar-refractivity contribution in [2.45, 2.75) is 38.3 Å². The molecule has 2 N–H and O–H groups in total. The molecular formula is C23H20ClN3O5. The number of rotatable bonds is 4. The van der Waals surface area contributed by atoms with E-state index in [0.717, 1.165) is 10.5 Å². The third-order valence-electron chi connectivity index (χ3n) is 5.70. The van der Waals surface area contributed by atoms with Gasteiger partial charge < -0.3 is 5.32 Å². The molecular weight excluding hydrogens is 434 g/mol. The van der Waals surface area contributed by atoms with Crippen LogP contribution in [0.25, 0.3) is 0 Å². The minimum atomic E-state index is -1.10. The van der Waals surface area contributed by atoms with Gasteiger partial charge in [-0.15, -0.1) is 0 Å². The number of imide groups is 2. The molecule has 32 heavy (non-hydrogen) atoms. The SMILES string of the molecule is CC(C)(NC(=O)c1cccc2c1C(=O)N(C1CCC(=O)NC1=O)C2=O)c1ccc(Cl)cc1. The van der Waals surface area contributed by atoms with Crippen LogP contribution >= 0.6 is 11.6 Å². The maximum absolute atomic E-state index is 13.2. The molecule has 1 fully saturated rings. The van der Waals surface area contributed by atoms with Crippen molar-refractivity contribution in [2.24, 2.45) is 0 Å². The molecule has 0 bridgehead atoms. The van der Waals surface area contributed by atoms with Gasteiger partial charge in [0.2, 0.25) is 11.8 Å². The third kappa shape index (κ3) is 3.67. The van der Waals surface area contributed by atoms with E-state index in [1.807, 2.05) is 0 Å². The zero-order chi connectivity index (χ0) is 23.2. The van der Waals surface area contributed by atoms with Crippen LogP contribution in [-0.2, 0) is 15.1 Å². The predicted molar refractivity (Wildman–Crippen MR) is 115 cm³/mol. The van der Waals surface area contributed by atoms with Crippen LogP contribution < -0.4 is 10.6 Å². The molecule has 2 aliphatic heterocycles. The van der Waals surface area contributed by atoms with Gasteiger partial charge in [0.1, 0.15) is 6.04 Å². The molecule has 9 heteroatoms. The van der Waals surface area contributed by atoms with Crippen molar-refractivity contribution in [3.63, 3.8) is 0 Å². The van der Waals surface area contributed by atoms with E-state index in [9.17, 15) is 24.0 Å². The van der Waals surface area contributed by atoms with Gasteiger partial charge in [0.15, 0.2) is 0 Å². The van der Waals surface area contributed by atoms with Crippen molar-refractivity contribution in [1.82, 2.24) is 15.5 Å². The van der Waals surface area contributed by atoms with E-state index < -0.39 is 41.1 Å². The first-order valence-corrected chi connectivity index (χ1v) is 10.4. The highest BCUT2D eigenvalue weighted by molar-refractivity contribution is 6.30. The Bertz CT molecular complexity index is 1170. The summed E-state index contributed by atoms with van der Waals surface area (Å²) in [6, 6.07) is 10.3. The Kier molecular flexibility index (Phi) is 5.34. The highest BCUT2D eigenvalue weighted by atomic mass is 35.5. The van der Waals surface area contributed by atoms with Crippen LogP contribution in [0.5, 0.6) is 0 Å². The van der Waals surface area contributed by atoms with E-state index in [0.29, 0.717) is 5.02 Å². The smallest absolute Gasteiger partial charge is 0.263 e. The number of amides is 5. The minimum absolute atomic E-state index is 0.0203. The largest absolute Gasteiger partial charge is 0.343 e. The summed E-state index contributed by atoms with van der Waals surface area (Å²) in [4.78, 5) is 63.8. The summed E-state index contributed by atoms with van der Waals surface area (Å²) < 4.78 is 0. The molecule has 8 nitrogen and oxygen atoms in total. The van der Waals surface area contributed by atoms with Crippen LogP contribution in [0.4, 0.5) is 0 Å². The van der Waals surface area contributed by atoms with Gasteiger partial charge >= 0.3 is 0 Å². The standard InChI is InChI=1S/C23H20ClN3O5/c1-23(2,12-6-8-13(24)9-7-12)26-19(29)14-4-3-5-15-18(14)22(32)27(21(15)31)16-10-11-17(28)25-20(16)30/h3-9,16H,10-11H2,1-2H3,(H,26,29)(H,25,28,30). The average molecular weight is 454 g/mol. The molecule has 2 aromatic rings. The lowest BCUT2D eigenvalue weighted by Crippen LogP contribution is -2.54. The fourth-order valence-electron chi connectivity index (χ4n) is 3.99. The molecule has 0 radical (unpaired) electrons. The van der Waals surface area contributed by atoms with E-state index in [1.165, 1.54) is 18.2 Å². The molecule has 0 aliphatic carbocycles. The molecule has 4 rings (SSSR count). The highest BCUT2D eigenvalue weighted by Gasteiger charge is 2.46. The maximum Gasteiger partial charge on any atom is 0.263 e. The average Bonchev–Trinajstić information content (AvgIpc) is 2.99. The van der Waals surface area contributed by atoms with E-state index >= 15 is 0 Å². The molecule has 0 aromatic heterocycles. The number of piperidine rings is 1. The summed E-state index contributed by atoms with van der Waals surface area (Å²) in [6.07, 6.45) is 0.0632. The van der Waals surface area contributed by atoms with Crippen LogP contribution in [0.2, 0.25) is 5.02 Å². The van der Waals surface area contributed by atoms with Gasteiger partial charge in [-0.3, -0.25) is 34.2 Å². The Hall–Kier alpha value is -3.52. The lowest BCUT2D eigenvalue weighted by molar-refractivity contribution is -0.136. The molecule has 0 saturated carbocycles. The topological polar surface area (TPSA) is 113 Å².